The van der Waals surface area contributed by atoms with E-state index in [0.29, 0.717) is 6.61 Å². The highest BCUT2D eigenvalue weighted by Gasteiger charge is 2.32. The molecule has 6 heteroatoms. The fraction of sp³-hybridized carbons (Fsp3) is 0.273. The zero-order valence-electron chi connectivity index (χ0n) is 15.7. The SMILES string of the molecule is CCOc1cc2cc3c(cc2c2c1-c1ccc4c(c1CN2C)OCO4)OCO3. The van der Waals surface area contributed by atoms with Crippen LogP contribution in [0.5, 0.6) is 28.7 Å². The Labute approximate surface area is 162 Å². The van der Waals surface area contributed by atoms with Crippen LogP contribution in [0.2, 0.25) is 0 Å². The summed E-state index contributed by atoms with van der Waals surface area (Å²) in [6.07, 6.45) is 0. The lowest BCUT2D eigenvalue weighted by Crippen LogP contribution is -2.22. The summed E-state index contributed by atoms with van der Waals surface area (Å²) in [5.41, 5.74) is 4.47. The summed E-state index contributed by atoms with van der Waals surface area (Å²) in [5.74, 6) is 4.05. The smallest absolute Gasteiger partial charge is 0.231 e. The summed E-state index contributed by atoms with van der Waals surface area (Å²) in [4.78, 5) is 2.24. The molecule has 0 saturated heterocycles. The van der Waals surface area contributed by atoms with Crippen molar-refractivity contribution in [1.29, 1.82) is 0 Å². The van der Waals surface area contributed by atoms with Crippen molar-refractivity contribution in [2.75, 3.05) is 32.1 Å². The topological polar surface area (TPSA) is 49.4 Å². The third-order valence-corrected chi connectivity index (χ3v) is 5.56. The van der Waals surface area contributed by atoms with Gasteiger partial charge in [-0.3, -0.25) is 0 Å². The maximum atomic E-state index is 6.09. The third-order valence-electron chi connectivity index (χ3n) is 5.56. The molecule has 0 atom stereocenters. The fourth-order valence-corrected chi connectivity index (χ4v) is 4.41. The second kappa shape index (κ2) is 5.61. The summed E-state index contributed by atoms with van der Waals surface area (Å²) in [5, 5.41) is 2.19. The van der Waals surface area contributed by atoms with Gasteiger partial charge in [-0.1, -0.05) is 0 Å². The molecular formula is C22H19NO5. The average Bonchev–Trinajstić information content (AvgIpc) is 3.35. The maximum absolute atomic E-state index is 6.09. The van der Waals surface area contributed by atoms with Crippen LogP contribution in [-0.2, 0) is 6.54 Å². The molecule has 6 nitrogen and oxygen atoms in total. The van der Waals surface area contributed by atoms with Gasteiger partial charge >= 0.3 is 0 Å². The molecule has 0 unspecified atom stereocenters. The molecule has 0 aliphatic carbocycles. The van der Waals surface area contributed by atoms with Crippen LogP contribution in [0.15, 0.2) is 30.3 Å². The molecule has 6 rings (SSSR count). The first-order chi connectivity index (χ1) is 13.7. The van der Waals surface area contributed by atoms with Gasteiger partial charge in [-0.2, -0.15) is 0 Å². The lowest BCUT2D eigenvalue weighted by molar-refractivity contribution is 0.173. The van der Waals surface area contributed by atoms with Crippen molar-refractivity contribution in [3.8, 4) is 39.9 Å². The van der Waals surface area contributed by atoms with Crippen LogP contribution in [-0.4, -0.2) is 27.2 Å². The number of fused-ring (bicyclic) bond motifs is 8. The average molecular weight is 377 g/mol. The van der Waals surface area contributed by atoms with Crippen molar-refractivity contribution < 1.29 is 23.7 Å². The molecule has 0 fully saturated rings. The quantitative estimate of drug-likeness (QED) is 0.663. The van der Waals surface area contributed by atoms with E-state index in [1.165, 1.54) is 0 Å². The number of hydrogen-bond acceptors (Lipinski definition) is 6. The minimum atomic E-state index is 0.258. The number of ether oxygens (including phenoxy) is 5. The molecule has 0 radical (unpaired) electrons. The van der Waals surface area contributed by atoms with Crippen LogP contribution in [0.25, 0.3) is 21.9 Å². The second-order valence-corrected chi connectivity index (χ2v) is 7.14. The lowest BCUT2D eigenvalue weighted by Gasteiger charge is -2.32. The van der Waals surface area contributed by atoms with E-state index in [1.54, 1.807) is 0 Å². The van der Waals surface area contributed by atoms with Gasteiger partial charge in [0.2, 0.25) is 13.6 Å². The molecule has 3 aromatic carbocycles. The van der Waals surface area contributed by atoms with E-state index >= 15 is 0 Å². The van der Waals surface area contributed by atoms with Gasteiger partial charge in [-0.15, -0.1) is 0 Å². The van der Waals surface area contributed by atoms with Crippen LogP contribution < -0.4 is 28.6 Å². The maximum Gasteiger partial charge on any atom is 0.231 e. The van der Waals surface area contributed by atoms with Crippen molar-refractivity contribution >= 4 is 16.5 Å². The first-order valence-corrected chi connectivity index (χ1v) is 9.40. The summed E-state index contributed by atoms with van der Waals surface area (Å²) in [7, 11) is 2.09. The highest BCUT2D eigenvalue weighted by Crippen LogP contribution is 2.54. The molecule has 3 heterocycles. The van der Waals surface area contributed by atoms with Crippen molar-refractivity contribution in [1.82, 2.24) is 0 Å². The van der Waals surface area contributed by atoms with Crippen LogP contribution in [0, 0.1) is 0 Å². The first kappa shape index (κ1) is 15.7. The molecule has 0 saturated carbocycles. The molecule has 0 N–H and O–H groups in total. The van der Waals surface area contributed by atoms with Gasteiger partial charge in [-0.05, 0) is 48.2 Å². The normalized spacial score (nSPS) is 15.6. The van der Waals surface area contributed by atoms with Crippen LogP contribution in [0.4, 0.5) is 5.69 Å². The minimum absolute atomic E-state index is 0.258. The molecule has 3 aromatic rings. The summed E-state index contributed by atoms with van der Waals surface area (Å²) >= 11 is 0. The monoisotopic (exact) mass is 377 g/mol. The van der Waals surface area contributed by atoms with Gasteiger partial charge < -0.3 is 28.6 Å². The van der Waals surface area contributed by atoms with E-state index in [-0.39, 0.29) is 13.6 Å². The zero-order valence-corrected chi connectivity index (χ0v) is 15.7. The number of rotatable bonds is 2. The predicted octanol–water partition coefficient (Wildman–Crippen LogP) is 4.31. The zero-order chi connectivity index (χ0) is 18.8. The first-order valence-electron chi connectivity index (χ1n) is 9.40. The lowest BCUT2D eigenvalue weighted by atomic mass is 9.89. The van der Waals surface area contributed by atoms with E-state index in [0.717, 1.165) is 68.4 Å². The Bertz CT molecular complexity index is 1140. The highest BCUT2D eigenvalue weighted by atomic mass is 16.7. The molecular weight excluding hydrogens is 358 g/mol. The van der Waals surface area contributed by atoms with E-state index in [4.69, 9.17) is 23.7 Å². The Balaban J connectivity index is 1.70. The van der Waals surface area contributed by atoms with E-state index in [1.807, 2.05) is 19.1 Å². The largest absolute Gasteiger partial charge is 0.493 e. The molecule has 0 aromatic heterocycles. The predicted molar refractivity (Wildman–Crippen MR) is 105 cm³/mol. The van der Waals surface area contributed by atoms with Crippen LogP contribution in [0.3, 0.4) is 0 Å². The van der Waals surface area contributed by atoms with Gasteiger partial charge in [0.25, 0.3) is 0 Å². The summed E-state index contributed by atoms with van der Waals surface area (Å²) in [6, 6.07) is 10.3. The fourth-order valence-electron chi connectivity index (χ4n) is 4.41. The van der Waals surface area contributed by atoms with Gasteiger partial charge in [-0.25, -0.2) is 0 Å². The number of nitrogens with zero attached hydrogens (tertiary/aromatic N) is 1. The van der Waals surface area contributed by atoms with Crippen molar-refractivity contribution in [2.24, 2.45) is 0 Å². The Hall–Kier alpha value is -3.28. The van der Waals surface area contributed by atoms with Gasteiger partial charge in [0.15, 0.2) is 23.0 Å². The van der Waals surface area contributed by atoms with Crippen molar-refractivity contribution in [2.45, 2.75) is 13.5 Å². The molecule has 0 amide bonds. The summed E-state index contributed by atoms with van der Waals surface area (Å²) < 4.78 is 28.7. The molecule has 0 spiro atoms. The Morgan fingerprint density at radius 3 is 2.61 bits per heavy atom. The Kier molecular flexibility index (Phi) is 3.15. The van der Waals surface area contributed by atoms with Crippen molar-refractivity contribution in [3.63, 3.8) is 0 Å². The summed E-state index contributed by atoms with van der Waals surface area (Å²) in [6.45, 7) is 3.85. The number of anilines is 1. The van der Waals surface area contributed by atoms with E-state index in [2.05, 4.69) is 30.1 Å². The van der Waals surface area contributed by atoms with E-state index in [9.17, 15) is 0 Å². The van der Waals surface area contributed by atoms with Crippen LogP contribution in [0.1, 0.15) is 12.5 Å². The van der Waals surface area contributed by atoms with Gasteiger partial charge in [0.1, 0.15) is 5.75 Å². The van der Waals surface area contributed by atoms with Crippen LogP contribution >= 0.6 is 0 Å². The molecule has 3 aliphatic heterocycles. The Morgan fingerprint density at radius 1 is 0.964 bits per heavy atom. The highest BCUT2D eigenvalue weighted by molar-refractivity contribution is 6.07. The van der Waals surface area contributed by atoms with E-state index < -0.39 is 0 Å². The van der Waals surface area contributed by atoms with Gasteiger partial charge in [0.05, 0.1) is 12.3 Å². The molecule has 28 heavy (non-hydrogen) atoms. The minimum Gasteiger partial charge on any atom is -0.493 e. The van der Waals surface area contributed by atoms with Gasteiger partial charge in [0, 0.05) is 30.1 Å². The molecule has 142 valence electrons. The number of hydrogen-bond donors (Lipinski definition) is 0. The second-order valence-electron chi connectivity index (χ2n) is 7.14. The molecule has 0 bridgehead atoms. The standard InChI is InChI=1S/C22H19NO5/c1-3-24-19-7-12-6-17-18(27-10-26-17)8-14(12)21-20(19)13-4-5-16-22(28-11-25-16)15(13)9-23(21)2/h4-8H,3,9-11H2,1-2H3. The third kappa shape index (κ3) is 2.03. The Morgan fingerprint density at radius 2 is 1.75 bits per heavy atom. The van der Waals surface area contributed by atoms with Crippen molar-refractivity contribution in [3.05, 3.63) is 35.9 Å². The molecule has 3 aliphatic rings. The number of benzene rings is 3.